The molecule has 1 aromatic heterocycles. The average molecular weight is 294 g/mol. The Morgan fingerprint density at radius 3 is 3.06 bits per heavy atom. The van der Waals surface area contributed by atoms with E-state index in [1.54, 1.807) is 0 Å². The maximum absolute atomic E-state index is 4.15. The topological polar surface area (TPSA) is 40.7 Å². The van der Waals surface area contributed by atoms with Crippen LogP contribution >= 0.6 is 15.9 Å². The van der Waals surface area contributed by atoms with E-state index in [1.807, 2.05) is 25.4 Å². The quantitative estimate of drug-likeness (QED) is 0.832. The van der Waals surface area contributed by atoms with Crippen molar-refractivity contribution in [1.82, 2.24) is 15.5 Å². The highest BCUT2D eigenvalue weighted by molar-refractivity contribution is 9.10. The summed E-state index contributed by atoms with van der Waals surface area (Å²) in [5.41, 5.74) is 3.58. The molecule has 0 saturated heterocycles. The number of hydrogen-bond acceptors (Lipinski definition) is 2. The summed E-state index contributed by atoms with van der Waals surface area (Å²) in [5, 5.41) is 10.4. The van der Waals surface area contributed by atoms with Gasteiger partial charge in [0.2, 0.25) is 0 Å². The number of aryl methyl sites for hydroxylation is 1. The molecule has 0 amide bonds. The van der Waals surface area contributed by atoms with E-state index < -0.39 is 0 Å². The lowest BCUT2D eigenvalue weighted by atomic mass is 10.0. The fourth-order valence-electron chi connectivity index (χ4n) is 1.85. The molecule has 0 bridgehead atoms. The second-order valence-electron chi connectivity index (χ2n) is 3.99. The summed E-state index contributed by atoms with van der Waals surface area (Å²) in [5.74, 6) is 0. The SMILES string of the molecule is CNCCCc1cn[nH]c1-c1cccc(Br)c1. The van der Waals surface area contributed by atoms with Crippen molar-refractivity contribution in [3.63, 3.8) is 0 Å². The Bertz CT molecular complexity index is 479. The zero-order valence-electron chi connectivity index (χ0n) is 9.83. The Labute approximate surface area is 110 Å². The molecule has 1 aromatic carbocycles. The number of nitrogens with one attached hydrogen (secondary N) is 2. The van der Waals surface area contributed by atoms with E-state index in [0.29, 0.717) is 0 Å². The molecule has 1 heterocycles. The molecule has 17 heavy (non-hydrogen) atoms. The van der Waals surface area contributed by atoms with Crippen LogP contribution in [0.25, 0.3) is 11.3 Å². The lowest BCUT2D eigenvalue weighted by Gasteiger charge is -2.04. The molecular formula is C13H16BrN3. The zero-order chi connectivity index (χ0) is 12.1. The van der Waals surface area contributed by atoms with Crippen molar-refractivity contribution in [2.24, 2.45) is 0 Å². The standard InChI is InChI=1S/C13H16BrN3/c1-15-7-3-5-11-9-16-17-13(11)10-4-2-6-12(14)8-10/h2,4,6,8-9,15H,3,5,7H2,1H3,(H,16,17). The molecule has 0 saturated carbocycles. The highest BCUT2D eigenvalue weighted by Crippen LogP contribution is 2.24. The van der Waals surface area contributed by atoms with E-state index in [9.17, 15) is 0 Å². The minimum absolute atomic E-state index is 1.03. The summed E-state index contributed by atoms with van der Waals surface area (Å²) in [4.78, 5) is 0. The van der Waals surface area contributed by atoms with Crippen molar-refractivity contribution < 1.29 is 0 Å². The van der Waals surface area contributed by atoms with Crippen LogP contribution in [-0.4, -0.2) is 23.8 Å². The summed E-state index contributed by atoms with van der Waals surface area (Å²) in [6.45, 7) is 1.03. The number of aromatic amines is 1. The number of nitrogens with zero attached hydrogens (tertiary/aromatic N) is 1. The second kappa shape index (κ2) is 5.98. The molecular weight excluding hydrogens is 278 g/mol. The molecule has 2 rings (SSSR count). The number of halogens is 1. The molecule has 90 valence electrons. The van der Waals surface area contributed by atoms with Crippen molar-refractivity contribution in [1.29, 1.82) is 0 Å². The lowest BCUT2D eigenvalue weighted by molar-refractivity contribution is 0.725. The zero-order valence-corrected chi connectivity index (χ0v) is 11.4. The molecule has 0 unspecified atom stereocenters. The molecule has 4 heteroatoms. The van der Waals surface area contributed by atoms with Gasteiger partial charge < -0.3 is 5.32 Å². The molecule has 2 aromatic rings. The van der Waals surface area contributed by atoms with E-state index in [4.69, 9.17) is 0 Å². The fraction of sp³-hybridized carbons (Fsp3) is 0.308. The number of H-pyrrole nitrogens is 1. The van der Waals surface area contributed by atoms with E-state index in [2.05, 4.69) is 43.6 Å². The van der Waals surface area contributed by atoms with Crippen LogP contribution in [0.3, 0.4) is 0 Å². The highest BCUT2D eigenvalue weighted by Gasteiger charge is 2.07. The van der Waals surface area contributed by atoms with Gasteiger partial charge in [-0.3, -0.25) is 5.10 Å². The van der Waals surface area contributed by atoms with E-state index in [1.165, 1.54) is 11.1 Å². The van der Waals surface area contributed by atoms with Crippen LogP contribution in [0, 0.1) is 0 Å². The minimum Gasteiger partial charge on any atom is -0.320 e. The van der Waals surface area contributed by atoms with Gasteiger partial charge in [0.05, 0.1) is 11.9 Å². The van der Waals surface area contributed by atoms with Crippen molar-refractivity contribution in [3.05, 3.63) is 40.5 Å². The van der Waals surface area contributed by atoms with Crippen molar-refractivity contribution in [3.8, 4) is 11.3 Å². The Balaban J connectivity index is 2.18. The van der Waals surface area contributed by atoms with Gasteiger partial charge in [0.1, 0.15) is 0 Å². The summed E-state index contributed by atoms with van der Waals surface area (Å²) >= 11 is 3.49. The third-order valence-electron chi connectivity index (χ3n) is 2.70. The number of rotatable bonds is 5. The normalized spacial score (nSPS) is 10.7. The highest BCUT2D eigenvalue weighted by atomic mass is 79.9. The summed E-state index contributed by atoms with van der Waals surface area (Å²) in [6, 6.07) is 8.27. The summed E-state index contributed by atoms with van der Waals surface area (Å²) in [7, 11) is 1.98. The van der Waals surface area contributed by atoms with Crippen LogP contribution in [-0.2, 0) is 6.42 Å². The van der Waals surface area contributed by atoms with Crippen LogP contribution in [0.2, 0.25) is 0 Å². The van der Waals surface area contributed by atoms with Crippen LogP contribution in [0.4, 0.5) is 0 Å². The summed E-state index contributed by atoms with van der Waals surface area (Å²) in [6.07, 6.45) is 4.09. The van der Waals surface area contributed by atoms with Gasteiger partial charge in [0.25, 0.3) is 0 Å². The van der Waals surface area contributed by atoms with Gasteiger partial charge in [-0.05, 0) is 44.1 Å². The third kappa shape index (κ3) is 3.17. The number of hydrogen-bond donors (Lipinski definition) is 2. The van der Waals surface area contributed by atoms with Crippen molar-refractivity contribution in [2.75, 3.05) is 13.6 Å². The first-order valence-electron chi connectivity index (χ1n) is 5.74. The van der Waals surface area contributed by atoms with Gasteiger partial charge in [-0.2, -0.15) is 5.10 Å². The van der Waals surface area contributed by atoms with Crippen molar-refractivity contribution >= 4 is 15.9 Å². The van der Waals surface area contributed by atoms with Gasteiger partial charge in [-0.25, -0.2) is 0 Å². The van der Waals surface area contributed by atoms with E-state index in [0.717, 1.165) is 29.6 Å². The Morgan fingerprint density at radius 2 is 2.29 bits per heavy atom. The Hall–Kier alpha value is -1.13. The molecule has 2 N–H and O–H groups in total. The van der Waals surface area contributed by atoms with E-state index >= 15 is 0 Å². The van der Waals surface area contributed by atoms with Gasteiger partial charge in [-0.15, -0.1) is 0 Å². The van der Waals surface area contributed by atoms with Gasteiger partial charge in [-0.1, -0.05) is 28.1 Å². The third-order valence-corrected chi connectivity index (χ3v) is 3.20. The number of aromatic nitrogens is 2. The first-order valence-corrected chi connectivity index (χ1v) is 6.53. The predicted molar refractivity (Wildman–Crippen MR) is 74.0 cm³/mol. The van der Waals surface area contributed by atoms with Gasteiger partial charge in [0, 0.05) is 10.0 Å². The first-order chi connectivity index (χ1) is 8.31. The molecule has 0 radical (unpaired) electrons. The van der Waals surface area contributed by atoms with Crippen LogP contribution < -0.4 is 5.32 Å². The molecule has 0 atom stereocenters. The maximum Gasteiger partial charge on any atom is 0.0682 e. The molecule has 0 spiro atoms. The monoisotopic (exact) mass is 293 g/mol. The summed E-state index contributed by atoms with van der Waals surface area (Å²) < 4.78 is 1.09. The lowest BCUT2D eigenvalue weighted by Crippen LogP contribution is -2.08. The van der Waals surface area contributed by atoms with Gasteiger partial charge >= 0.3 is 0 Å². The second-order valence-corrected chi connectivity index (χ2v) is 4.90. The molecule has 0 aliphatic rings. The first kappa shape index (κ1) is 12.3. The Kier molecular flexibility index (Phi) is 4.34. The minimum atomic E-state index is 1.03. The molecule has 0 aliphatic heterocycles. The molecule has 0 fully saturated rings. The molecule has 0 aliphatic carbocycles. The van der Waals surface area contributed by atoms with Crippen LogP contribution in [0.1, 0.15) is 12.0 Å². The largest absolute Gasteiger partial charge is 0.320 e. The van der Waals surface area contributed by atoms with Crippen molar-refractivity contribution in [2.45, 2.75) is 12.8 Å². The fourth-order valence-corrected chi connectivity index (χ4v) is 2.25. The maximum atomic E-state index is 4.15. The van der Waals surface area contributed by atoms with Crippen LogP contribution in [0.5, 0.6) is 0 Å². The van der Waals surface area contributed by atoms with Crippen LogP contribution in [0.15, 0.2) is 34.9 Å². The smallest absolute Gasteiger partial charge is 0.0682 e. The number of benzene rings is 1. The van der Waals surface area contributed by atoms with E-state index in [-0.39, 0.29) is 0 Å². The molecule has 3 nitrogen and oxygen atoms in total. The Morgan fingerprint density at radius 1 is 1.41 bits per heavy atom. The van der Waals surface area contributed by atoms with Gasteiger partial charge in [0.15, 0.2) is 0 Å². The predicted octanol–water partition coefficient (Wildman–Crippen LogP) is 2.99. The average Bonchev–Trinajstić information content (AvgIpc) is 2.78.